The lowest BCUT2D eigenvalue weighted by Crippen LogP contribution is -1.99. The first-order chi connectivity index (χ1) is 12.8. The van der Waals surface area contributed by atoms with Crippen LogP contribution >= 0.6 is 42.5 Å². The lowest BCUT2D eigenvalue weighted by atomic mass is 10.0. The second kappa shape index (κ2) is 11.9. The first-order valence-corrected chi connectivity index (χ1v) is 11.9. The Morgan fingerprint density at radius 2 is 1.70 bits per heavy atom. The molecule has 0 aliphatic carbocycles. The molecule has 148 valence electrons. The molecule has 2 aromatic rings. The summed E-state index contributed by atoms with van der Waals surface area (Å²) >= 11 is 6.70. The van der Waals surface area contributed by atoms with Crippen LogP contribution in [0, 0.1) is 0 Å². The van der Waals surface area contributed by atoms with Gasteiger partial charge in [0.1, 0.15) is 16.4 Å². The molecule has 0 fully saturated rings. The van der Waals surface area contributed by atoms with Crippen LogP contribution in [-0.2, 0) is 15.5 Å². The van der Waals surface area contributed by atoms with Gasteiger partial charge in [-0.15, -0.1) is 0 Å². The van der Waals surface area contributed by atoms with Crippen molar-refractivity contribution in [2.75, 3.05) is 13.7 Å². The lowest BCUT2D eigenvalue weighted by molar-refractivity contribution is 0.334. The van der Waals surface area contributed by atoms with Crippen LogP contribution in [0.15, 0.2) is 50.2 Å². The monoisotopic (exact) mass is 542 g/mol. The van der Waals surface area contributed by atoms with Crippen molar-refractivity contribution >= 4 is 59.1 Å². The highest BCUT2D eigenvalue weighted by Crippen LogP contribution is 2.33. The third-order valence-electron chi connectivity index (χ3n) is 3.35. The first kappa shape index (κ1) is 24.3. The highest BCUT2D eigenvalue weighted by Gasteiger charge is 2.18. The number of hydrogen-bond donors (Lipinski definition) is 0. The molecule has 10 heteroatoms. The van der Waals surface area contributed by atoms with Gasteiger partial charge in [0.05, 0.1) is 22.7 Å². The molecule has 0 N–H and O–H groups in total. The molecule has 0 aromatic heterocycles. The maximum absolute atomic E-state index is 11.8. The van der Waals surface area contributed by atoms with E-state index in [2.05, 4.69) is 31.9 Å². The summed E-state index contributed by atoms with van der Waals surface area (Å²) in [4.78, 5) is 0.0287. The van der Waals surface area contributed by atoms with Crippen molar-refractivity contribution in [1.82, 2.24) is 0 Å². The topological polar surface area (TPSA) is 52.6 Å². The fourth-order valence-electron chi connectivity index (χ4n) is 2.11. The minimum absolute atomic E-state index is 0.0287. The number of halogens is 4. The van der Waals surface area contributed by atoms with Crippen molar-refractivity contribution in [2.45, 2.75) is 24.6 Å². The summed E-state index contributed by atoms with van der Waals surface area (Å²) in [5.74, 6) is 1.07. The van der Waals surface area contributed by atoms with Gasteiger partial charge in [-0.1, -0.05) is 25.1 Å². The van der Waals surface area contributed by atoms with Crippen molar-refractivity contribution in [2.24, 2.45) is 0 Å². The number of ether oxygens (including phenoxy) is 2. The van der Waals surface area contributed by atoms with Crippen LogP contribution in [0.1, 0.15) is 12.5 Å². The molecule has 0 atom stereocenters. The minimum atomic E-state index is -3.73. The summed E-state index contributed by atoms with van der Waals surface area (Å²) in [6.45, 7) is 2.32. The van der Waals surface area contributed by atoms with Gasteiger partial charge in [0, 0.05) is 10.7 Å². The summed E-state index contributed by atoms with van der Waals surface area (Å²) in [7, 11) is 2.62. The number of methoxy groups -OCH3 is 1. The molecule has 0 saturated carbocycles. The van der Waals surface area contributed by atoms with Crippen molar-refractivity contribution in [3.8, 4) is 11.5 Å². The van der Waals surface area contributed by atoms with Crippen LogP contribution in [0.2, 0.25) is 6.32 Å². The number of rotatable bonds is 7. The summed E-state index contributed by atoms with van der Waals surface area (Å²) in [6.07, 6.45) is 1.12. The molecule has 0 bridgehead atoms. The number of aryl methyl sites for hydroxylation is 1. The van der Waals surface area contributed by atoms with E-state index in [9.17, 15) is 12.7 Å². The van der Waals surface area contributed by atoms with Gasteiger partial charge in [-0.3, -0.25) is 0 Å². The predicted octanol–water partition coefficient (Wildman–Crippen LogP) is 5.51. The van der Waals surface area contributed by atoms with Gasteiger partial charge in [0.25, 0.3) is 9.05 Å². The van der Waals surface area contributed by atoms with Crippen LogP contribution in [0.3, 0.4) is 0 Å². The van der Waals surface area contributed by atoms with E-state index in [-0.39, 0.29) is 12.5 Å². The Labute approximate surface area is 181 Å². The third-order valence-corrected chi connectivity index (χ3v) is 5.95. The van der Waals surface area contributed by atoms with Crippen LogP contribution in [0.4, 0.5) is 4.32 Å². The highest BCUT2D eigenvalue weighted by atomic mass is 79.9. The number of para-hydroxylation sites is 2. The van der Waals surface area contributed by atoms with Crippen LogP contribution < -0.4 is 9.47 Å². The standard InChI is InChI=1S/C9H11ClO3S.C8H8BBr2FO/c1-3-7-5-4-6-8(9(7)13-2)14(10,11)12;10-6-2-1-3-7(11)8(6)13-5-4-9-12/h4-6H,3H2,1-2H3;1-3,9H,4-5H2. The van der Waals surface area contributed by atoms with E-state index in [0.717, 1.165) is 20.3 Å². The molecule has 2 rings (SSSR count). The average molecular weight is 544 g/mol. The van der Waals surface area contributed by atoms with Crippen molar-refractivity contribution in [3.63, 3.8) is 0 Å². The maximum atomic E-state index is 11.8. The van der Waals surface area contributed by atoms with E-state index in [0.29, 0.717) is 25.1 Å². The van der Waals surface area contributed by atoms with E-state index >= 15 is 0 Å². The van der Waals surface area contributed by atoms with Gasteiger partial charge >= 0.3 is 7.56 Å². The molecule has 0 saturated heterocycles. The second-order valence-electron chi connectivity index (χ2n) is 5.18. The molecule has 27 heavy (non-hydrogen) atoms. The molecule has 0 radical (unpaired) electrons. The predicted molar refractivity (Wildman–Crippen MR) is 116 cm³/mol. The highest BCUT2D eigenvalue weighted by molar-refractivity contribution is 9.11. The van der Waals surface area contributed by atoms with E-state index in [1.165, 1.54) is 13.2 Å². The summed E-state index contributed by atoms with van der Waals surface area (Å²) in [5, 5.41) is 0. The largest absolute Gasteiger partial charge is 0.495 e. The maximum Gasteiger partial charge on any atom is 0.334 e. The molecule has 0 aliphatic rings. The molecular weight excluding hydrogens is 525 g/mol. The van der Waals surface area contributed by atoms with Gasteiger partial charge in [0.15, 0.2) is 0 Å². The molecule has 0 unspecified atom stereocenters. The van der Waals surface area contributed by atoms with Gasteiger partial charge in [-0.25, -0.2) is 8.42 Å². The molecule has 0 heterocycles. The number of hydrogen-bond acceptors (Lipinski definition) is 4. The molecule has 0 spiro atoms. The SMILES string of the molecule is CCc1cccc(S(=O)(=O)Cl)c1OC.FBCCOc1c(Br)cccc1Br. The van der Waals surface area contributed by atoms with Crippen LogP contribution in [-0.4, -0.2) is 29.7 Å². The lowest BCUT2D eigenvalue weighted by Gasteiger charge is -2.09. The fourth-order valence-corrected chi connectivity index (χ4v) is 4.38. The van der Waals surface area contributed by atoms with Gasteiger partial charge in [0.2, 0.25) is 0 Å². The van der Waals surface area contributed by atoms with Crippen LogP contribution in [0.5, 0.6) is 11.5 Å². The summed E-state index contributed by atoms with van der Waals surface area (Å²) < 4.78 is 46.3. The van der Waals surface area contributed by atoms with E-state index in [1.807, 2.05) is 31.2 Å². The second-order valence-corrected chi connectivity index (χ2v) is 9.42. The zero-order chi connectivity index (χ0) is 20.4. The van der Waals surface area contributed by atoms with Gasteiger partial charge in [-0.05, 0) is 68.4 Å². The summed E-state index contributed by atoms with van der Waals surface area (Å²) in [6, 6.07) is 10.6. The minimum Gasteiger partial charge on any atom is -0.495 e. The molecule has 0 aliphatic heterocycles. The first-order valence-electron chi connectivity index (χ1n) is 7.99. The zero-order valence-electron chi connectivity index (χ0n) is 14.8. The van der Waals surface area contributed by atoms with Crippen molar-refractivity contribution in [3.05, 3.63) is 50.9 Å². The molecule has 4 nitrogen and oxygen atoms in total. The number of benzene rings is 2. The van der Waals surface area contributed by atoms with Crippen molar-refractivity contribution in [1.29, 1.82) is 0 Å². The Morgan fingerprint density at radius 3 is 2.19 bits per heavy atom. The normalized spacial score (nSPS) is 10.6. The van der Waals surface area contributed by atoms with E-state index in [1.54, 1.807) is 6.07 Å². The van der Waals surface area contributed by atoms with Crippen molar-refractivity contribution < 1.29 is 22.2 Å². The molecular formula is C17H19BBr2ClFO4S. The van der Waals surface area contributed by atoms with E-state index in [4.69, 9.17) is 20.2 Å². The Balaban J connectivity index is 0.000000271. The average Bonchev–Trinajstić information content (AvgIpc) is 2.63. The van der Waals surface area contributed by atoms with Gasteiger partial charge in [-0.2, -0.15) is 0 Å². The smallest absolute Gasteiger partial charge is 0.334 e. The van der Waals surface area contributed by atoms with Crippen LogP contribution in [0.25, 0.3) is 0 Å². The molecule has 0 amide bonds. The molecule has 2 aromatic carbocycles. The third kappa shape index (κ3) is 7.64. The Morgan fingerprint density at radius 1 is 1.11 bits per heavy atom. The summed E-state index contributed by atoms with van der Waals surface area (Å²) in [5.41, 5.74) is 0.828. The Hall–Kier alpha value is -0.765. The van der Waals surface area contributed by atoms with Gasteiger partial charge < -0.3 is 13.8 Å². The Bertz CT molecular complexity index is 833. The zero-order valence-corrected chi connectivity index (χ0v) is 19.6. The fraction of sp³-hybridized carbons (Fsp3) is 0.294. The quantitative estimate of drug-likeness (QED) is 0.262. The van der Waals surface area contributed by atoms with E-state index < -0.39 is 9.05 Å². The Kier molecular flexibility index (Phi) is 10.7.